The Morgan fingerprint density at radius 1 is 1.25 bits per heavy atom. The van der Waals surface area contributed by atoms with Crippen LogP contribution in [0.3, 0.4) is 0 Å². The van der Waals surface area contributed by atoms with Gasteiger partial charge in [0.15, 0.2) is 11.5 Å². The van der Waals surface area contributed by atoms with E-state index in [0.29, 0.717) is 5.69 Å². The van der Waals surface area contributed by atoms with Gasteiger partial charge in [-0.1, -0.05) is 17.7 Å². The lowest BCUT2D eigenvalue weighted by Crippen LogP contribution is -2.17. The number of hydrogen-bond donors (Lipinski definition) is 1. The van der Waals surface area contributed by atoms with E-state index in [4.69, 9.17) is 11.6 Å². The first-order chi connectivity index (χ1) is 15.1. The van der Waals surface area contributed by atoms with Crippen molar-refractivity contribution in [2.24, 2.45) is 0 Å². The number of anilines is 1. The van der Waals surface area contributed by atoms with Crippen LogP contribution in [0.2, 0.25) is 5.02 Å². The summed E-state index contributed by atoms with van der Waals surface area (Å²) in [6.07, 6.45) is -1.53. The first-order valence-electron chi connectivity index (χ1n) is 9.73. The molecule has 0 unspecified atom stereocenters. The second kappa shape index (κ2) is 8.86. The van der Waals surface area contributed by atoms with Crippen molar-refractivity contribution in [3.63, 3.8) is 0 Å². The van der Waals surface area contributed by atoms with Crippen LogP contribution in [0.1, 0.15) is 42.1 Å². The fourth-order valence-corrected chi connectivity index (χ4v) is 4.38. The summed E-state index contributed by atoms with van der Waals surface area (Å²) in [5.74, 6) is -0.644. The third kappa shape index (κ3) is 4.98. The Kier molecular flexibility index (Phi) is 6.30. The van der Waals surface area contributed by atoms with Crippen molar-refractivity contribution in [1.82, 2.24) is 19.6 Å². The molecule has 32 heavy (non-hydrogen) atoms. The smallest absolute Gasteiger partial charge is 0.309 e. The van der Waals surface area contributed by atoms with Crippen molar-refractivity contribution in [2.45, 2.75) is 44.4 Å². The number of nitrogens with zero attached hydrogens (tertiary/aromatic N) is 4. The lowest BCUT2D eigenvalue weighted by Gasteiger charge is -2.07. The molecule has 6 nitrogen and oxygen atoms in total. The molecule has 0 spiro atoms. The fraction of sp³-hybridized carbons (Fsp3) is 0.350. The van der Waals surface area contributed by atoms with Crippen molar-refractivity contribution in [1.29, 1.82) is 0 Å². The molecule has 1 saturated carbocycles. The highest BCUT2D eigenvalue weighted by atomic mass is 79.9. The molecule has 2 aromatic heterocycles. The molecule has 0 bridgehead atoms. The quantitative estimate of drug-likeness (QED) is 0.401. The van der Waals surface area contributed by atoms with Gasteiger partial charge in [0.05, 0.1) is 23.3 Å². The third-order valence-electron chi connectivity index (χ3n) is 5.00. The minimum atomic E-state index is -4.58. The van der Waals surface area contributed by atoms with Gasteiger partial charge in [0.1, 0.15) is 5.82 Å². The van der Waals surface area contributed by atoms with Crippen LogP contribution in [0, 0.1) is 5.82 Å². The minimum Gasteiger partial charge on any atom is -0.309 e. The van der Waals surface area contributed by atoms with Crippen LogP contribution in [0.15, 0.2) is 34.9 Å². The molecule has 0 saturated heterocycles. The van der Waals surface area contributed by atoms with E-state index in [9.17, 15) is 22.4 Å². The molecule has 0 radical (unpaired) electrons. The number of aryl methyl sites for hydroxylation is 1. The molecule has 170 valence electrons. The highest BCUT2D eigenvalue weighted by Crippen LogP contribution is 2.47. The summed E-state index contributed by atoms with van der Waals surface area (Å²) < 4.78 is 56.1. The van der Waals surface area contributed by atoms with Crippen LogP contribution in [0.25, 0.3) is 0 Å². The van der Waals surface area contributed by atoms with Gasteiger partial charge < -0.3 is 5.32 Å². The van der Waals surface area contributed by atoms with Gasteiger partial charge in [-0.2, -0.15) is 23.4 Å². The molecule has 1 aromatic carbocycles. The van der Waals surface area contributed by atoms with E-state index < -0.39 is 23.6 Å². The maximum Gasteiger partial charge on any atom is 0.436 e. The van der Waals surface area contributed by atoms with Crippen LogP contribution in [0.5, 0.6) is 0 Å². The van der Waals surface area contributed by atoms with Crippen molar-refractivity contribution < 1.29 is 22.4 Å². The van der Waals surface area contributed by atoms with Crippen LogP contribution in [-0.2, 0) is 24.1 Å². The second-order valence-electron chi connectivity index (χ2n) is 7.44. The molecule has 1 aliphatic carbocycles. The summed E-state index contributed by atoms with van der Waals surface area (Å²) in [7, 11) is 0. The number of hydrogen-bond acceptors (Lipinski definition) is 3. The predicted octanol–water partition coefficient (Wildman–Crippen LogP) is 5.61. The number of aromatic nitrogens is 4. The van der Waals surface area contributed by atoms with Gasteiger partial charge >= 0.3 is 6.18 Å². The van der Waals surface area contributed by atoms with Crippen molar-refractivity contribution in [2.75, 3.05) is 5.32 Å². The standard InChI is InChI=1S/C20H17BrClF4N5O/c21-17-18(11-4-5-11)31(29-19(17)20(24,25)26)9-7-16(32)27-15-6-8-30(28-15)10-12-13(22)2-1-3-14(12)23/h1-3,6,8,11H,4-5,7,9-10H2,(H,27,28,32). The summed E-state index contributed by atoms with van der Waals surface area (Å²) >= 11 is 9.04. The Bertz CT molecular complexity index is 1140. The third-order valence-corrected chi connectivity index (χ3v) is 6.14. The minimum absolute atomic E-state index is 0.00209. The summed E-state index contributed by atoms with van der Waals surface area (Å²) in [5, 5.41) is 10.7. The van der Waals surface area contributed by atoms with E-state index in [-0.39, 0.29) is 46.3 Å². The zero-order chi connectivity index (χ0) is 23.0. The van der Waals surface area contributed by atoms with Gasteiger partial charge in [0.25, 0.3) is 0 Å². The van der Waals surface area contributed by atoms with Crippen molar-refractivity contribution in [3.05, 3.63) is 62.7 Å². The molecule has 3 aromatic rings. The molecular formula is C20H17BrClF4N5O. The second-order valence-corrected chi connectivity index (χ2v) is 8.64. The number of alkyl halides is 3. The SMILES string of the molecule is O=C(CCn1nc(C(F)(F)F)c(Br)c1C1CC1)Nc1ccn(Cc2c(F)cccc2Cl)n1. The molecule has 1 aliphatic rings. The van der Waals surface area contributed by atoms with Crippen LogP contribution < -0.4 is 5.32 Å². The lowest BCUT2D eigenvalue weighted by molar-refractivity contribution is -0.142. The Labute approximate surface area is 193 Å². The molecule has 0 atom stereocenters. The summed E-state index contributed by atoms with van der Waals surface area (Å²) in [4.78, 5) is 12.3. The number of rotatable bonds is 7. The molecular weight excluding hydrogens is 518 g/mol. The molecule has 0 aliphatic heterocycles. The number of nitrogens with one attached hydrogen (secondary N) is 1. The molecule has 4 rings (SSSR count). The maximum absolute atomic E-state index is 13.9. The topological polar surface area (TPSA) is 64.7 Å². The first-order valence-corrected chi connectivity index (χ1v) is 10.9. The average Bonchev–Trinajstić information content (AvgIpc) is 3.35. The molecule has 1 N–H and O–H groups in total. The van der Waals surface area contributed by atoms with Gasteiger partial charge in [-0.3, -0.25) is 14.2 Å². The molecule has 2 heterocycles. The summed E-state index contributed by atoms with van der Waals surface area (Å²) in [5.41, 5.74) is -0.242. The number of carbonyl (C=O) groups is 1. The maximum atomic E-state index is 13.9. The van der Waals surface area contributed by atoms with Gasteiger partial charge in [0.2, 0.25) is 5.91 Å². The van der Waals surface area contributed by atoms with Crippen LogP contribution >= 0.6 is 27.5 Å². The normalized spacial score (nSPS) is 14.1. The Balaban J connectivity index is 1.39. The monoisotopic (exact) mass is 533 g/mol. The van der Waals surface area contributed by atoms with Crippen LogP contribution in [0.4, 0.5) is 23.4 Å². The van der Waals surface area contributed by atoms with E-state index in [1.807, 2.05) is 0 Å². The fourth-order valence-electron chi connectivity index (χ4n) is 3.33. The Hall–Kier alpha value is -2.40. The first kappa shape index (κ1) is 22.8. The number of amides is 1. The molecule has 1 fully saturated rings. The van der Waals surface area contributed by atoms with E-state index in [0.717, 1.165) is 12.8 Å². The van der Waals surface area contributed by atoms with Crippen molar-refractivity contribution in [3.8, 4) is 0 Å². The molecule has 12 heteroatoms. The zero-order valence-corrected chi connectivity index (χ0v) is 18.8. The summed E-state index contributed by atoms with van der Waals surface area (Å²) in [6, 6.07) is 5.90. The summed E-state index contributed by atoms with van der Waals surface area (Å²) in [6.45, 7) is 0.0749. The van der Waals surface area contributed by atoms with E-state index in [1.54, 1.807) is 12.3 Å². The Morgan fingerprint density at radius 2 is 2.00 bits per heavy atom. The number of halogens is 6. The van der Waals surface area contributed by atoms with Gasteiger partial charge in [-0.15, -0.1) is 0 Å². The highest BCUT2D eigenvalue weighted by Gasteiger charge is 2.41. The number of benzene rings is 1. The van der Waals surface area contributed by atoms with E-state index in [1.165, 1.54) is 27.6 Å². The van der Waals surface area contributed by atoms with Gasteiger partial charge in [-0.05, 0) is 40.9 Å². The lowest BCUT2D eigenvalue weighted by atomic mass is 10.2. The van der Waals surface area contributed by atoms with Gasteiger partial charge in [0, 0.05) is 35.2 Å². The zero-order valence-electron chi connectivity index (χ0n) is 16.5. The van der Waals surface area contributed by atoms with Gasteiger partial charge in [-0.25, -0.2) is 4.39 Å². The average molecular weight is 535 g/mol. The Morgan fingerprint density at radius 3 is 2.66 bits per heavy atom. The highest BCUT2D eigenvalue weighted by molar-refractivity contribution is 9.10. The largest absolute Gasteiger partial charge is 0.436 e. The molecule has 1 amide bonds. The van der Waals surface area contributed by atoms with E-state index in [2.05, 4.69) is 31.4 Å². The predicted molar refractivity (Wildman–Crippen MR) is 113 cm³/mol. The number of carbonyl (C=O) groups excluding carboxylic acids is 1. The van der Waals surface area contributed by atoms with E-state index >= 15 is 0 Å². The van der Waals surface area contributed by atoms with Crippen LogP contribution in [-0.4, -0.2) is 25.5 Å². The van der Waals surface area contributed by atoms with Crippen molar-refractivity contribution >= 4 is 39.3 Å².